The Hall–Kier alpha value is -0.410. The van der Waals surface area contributed by atoms with Gasteiger partial charge in [-0.1, -0.05) is 13.8 Å². The second kappa shape index (κ2) is 5.08. The Bertz CT molecular complexity index is 304. The van der Waals surface area contributed by atoms with Gasteiger partial charge in [-0.25, -0.2) is 4.98 Å². The molecule has 0 saturated carbocycles. The number of nitrogens with one attached hydrogen (secondary N) is 1. The maximum atomic E-state index is 4.53. The Morgan fingerprint density at radius 1 is 1.53 bits per heavy atom. The molecule has 1 unspecified atom stereocenters. The second-order valence-electron chi connectivity index (χ2n) is 5.09. The van der Waals surface area contributed by atoms with Crippen LogP contribution in [0.3, 0.4) is 0 Å². The fourth-order valence-electron chi connectivity index (χ4n) is 1.98. The summed E-state index contributed by atoms with van der Waals surface area (Å²) in [6, 6.07) is 0.569. The number of hydrogen-bond acceptors (Lipinski definition) is 3. The third-order valence-electron chi connectivity index (χ3n) is 2.68. The van der Waals surface area contributed by atoms with Gasteiger partial charge in [0.05, 0.1) is 10.7 Å². The average molecular weight is 226 g/mol. The Kier molecular flexibility index (Phi) is 4.29. The maximum absolute atomic E-state index is 4.53. The first-order valence-electron chi connectivity index (χ1n) is 5.51. The van der Waals surface area contributed by atoms with Gasteiger partial charge in [-0.15, -0.1) is 11.3 Å². The summed E-state index contributed by atoms with van der Waals surface area (Å²) in [6.07, 6.45) is 2.25. The van der Waals surface area contributed by atoms with Gasteiger partial charge in [0.25, 0.3) is 0 Å². The van der Waals surface area contributed by atoms with E-state index in [9.17, 15) is 0 Å². The zero-order valence-corrected chi connectivity index (χ0v) is 11.2. The molecule has 0 amide bonds. The van der Waals surface area contributed by atoms with Gasteiger partial charge >= 0.3 is 0 Å². The van der Waals surface area contributed by atoms with Crippen molar-refractivity contribution in [3.05, 3.63) is 16.1 Å². The fraction of sp³-hybridized carbons (Fsp3) is 0.750. The van der Waals surface area contributed by atoms with Crippen molar-refractivity contribution in [3.63, 3.8) is 0 Å². The lowest BCUT2D eigenvalue weighted by atomic mass is 9.82. The molecule has 15 heavy (non-hydrogen) atoms. The molecule has 1 rings (SSSR count). The van der Waals surface area contributed by atoms with Gasteiger partial charge in [0, 0.05) is 11.4 Å². The predicted octanol–water partition coefficient (Wildman–Crippen LogP) is 3.02. The lowest BCUT2D eigenvalue weighted by Gasteiger charge is -2.27. The van der Waals surface area contributed by atoms with Crippen LogP contribution in [0.15, 0.2) is 5.38 Å². The molecule has 1 aromatic heterocycles. The summed E-state index contributed by atoms with van der Waals surface area (Å²) in [5, 5.41) is 6.64. The van der Waals surface area contributed by atoms with E-state index in [1.807, 2.05) is 7.05 Å². The van der Waals surface area contributed by atoms with Crippen molar-refractivity contribution in [2.75, 3.05) is 7.05 Å². The molecule has 0 saturated heterocycles. The van der Waals surface area contributed by atoms with Crippen LogP contribution in [0.1, 0.15) is 37.9 Å². The molecule has 0 bridgehead atoms. The zero-order valence-electron chi connectivity index (χ0n) is 10.4. The zero-order chi connectivity index (χ0) is 11.5. The molecule has 86 valence electrons. The van der Waals surface area contributed by atoms with Gasteiger partial charge in [-0.05, 0) is 39.2 Å². The molecule has 1 heterocycles. The van der Waals surface area contributed by atoms with Crippen LogP contribution in [-0.4, -0.2) is 18.1 Å². The van der Waals surface area contributed by atoms with E-state index in [2.05, 4.69) is 43.4 Å². The third-order valence-corrected chi connectivity index (χ3v) is 3.50. The first kappa shape index (κ1) is 12.7. The Balaban J connectivity index is 2.55. The molecule has 1 N–H and O–H groups in total. The van der Waals surface area contributed by atoms with Crippen LogP contribution in [0.25, 0.3) is 0 Å². The Labute approximate surface area is 97.1 Å². The number of nitrogens with zero attached hydrogens (tertiary/aromatic N) is 1. The minimum Gasteiger partial charge on any atom is -0.317 e. The van der Waals surface area contributed by atoms with Gasteiger partial charge in [-0.2, -0.15) is 0 Å². The SMILES string of the molecule is CNC(C)CC(C)(C)Cc1csc(C)n1. The maximum Gasteiger partial charge on any atom is 0.0897 e. The summed E-state index contributed by atoms with van der Waals surface area (Å²) in [5.74, 6) is 0. The van der Waals surface area contributed by atoms with Gasteiger partial charge < -0.3 is 5.32 Å². The predicted molar refractivity (Wildman–Crippen MR) is 67.5 cm³/mol. The van der Waals surface area contributed by atoms with Gasteiger partial charge in [0.1, 0.15) is 0 Å². The van der Waals surface area contributed by atoms with E-state index in [-0.39, 0.29) is 0 Å². The van der Waals surface area contributed by atoms with Crippen molar-refractivity contribution in [2.45, 2.75) is 46.6 Å². The van der Waals surface area contributed by atoms with Gasteiger partial charge in [0.2, 0.25) is 0 Å². The minimum atomic E-state index is 0.322. The molecule has 0 aliphatic rings. The lowest BCUT2D eigenvalue weighted by Crippen LogP contribution is -2.29. The highest BCUT2D eigenvalue weighted by Gasteiger charge is 2.22. The molecule has 2 nitrogen and oxygen atoms in total. The molecule has 0 radical (unpaired) electrons. The molecule has 0 spiro atoms. The summed E-state index contributed by atoms with van der Waals surface area (Å²) in [4.78, 5) is 4.53. The van der Waals surface area contributed by atoms with Crippen molar-refractivity contribution >= 4 is 11.3 Å². The van der Waals surface area contributed by atoms with Crippen LogP contribution in [0.5, 0.6) is 0 Å². The number of aryl methyl sites for hydroxylation is 1. The smallest absolute Gasteiger partial charge is 0.0897 e. The van der Waals surface area contributed by atoms with Crippen molar-refractivity contribution in [3.8, 4) is 0 Å². The monoisotopic (exact) mass is 226 g/mol. The molecule has 0 aromatic carbocycles. The molecule has 0 fully saturated rings. The van der Waals surface area contributed by atoms with Crippen LogP contribution < -0.4 is 5.32 Å². The van der Waals surface area contributed by atoms with E-state index >= 15 is 0 Å². The Morgan fingerprint density at radius 2 is 2.20 bits per heavy atom. The highest BCUT2D eigenvalue weighted by Crippen LogP contribution is 2.27. The lowest BCUT2D eigenvalue weighted by molar-refractivity contribution is 0.291. The minimum absolute atomic E-state index is 0.322. The summed E-state index contributed by atoms with van der Waals surface area (Å²) in [6.45, 7) is 8.93. The summed E-state index contributed by atoms with van der Waals surface area (Å²) >= 11 is 1.74. The highest BCUT2D eigenvalue weighted by atomic mass is 32.1. The van der Waals surface area contributed by atoms with Crippen LogP contribution >= 0.6 is 11.3 Å². The summed E-state index contributed by atoms with van der Waals surface area (Å²) < 4.78 is 0. The molecular weight excluding hydrogens is 204 g/mol. The van der Waals surface area contributed by atoms with E-state index in [4.69, 9.17) is 0 Å². The van der Waals surface area contributed by atoms with Crippen molar-refractivity contribution in [2.24, 2.45) is 5.41 Å². The largest absolute Gasteiger partial charge is 0.317 e. The molecule has 0 aliphatic carbocycles. The normalized spacial score (nSPS) is 14.2. The third kappa shape index (κ3) is 4.31. The summed E-state index contributed by atoms with van der Waals surface area (Å²) in [7, 11) is 2.02. The standard InChI is InChI=1S/C12H22N2S/c1-9(13-5)6-12(3,4)7-11-8-15-10(2)14-11/h8-9,13H,6-7H2,1-5H3. The quantitative estimate of drug-likeness (QED) is 0.835. The second-order valence-corrected chi connectivity index (χ2v) is 6.15. The van der Waals surface area contributed by atoms with E-state index in [1.54, 1.807) is 11.3 Å². The van der Waals surface area contributed by atoms with E-state index < -0.39 is 0 Å². The number of hydrogen-bond donors (Lipinski definition) is 1. The van der Waals surface area contributed by atoms with E-state index in [1.165, 1.54) is 17.1 Å². The van der Waals surface area contributed by atoms with Crippen LogP contribution in [0.2, 0.25) is 0 Å². The van der Waals surface area contributed by atoms with Crippen LogP contribution in [0.4, 0.5) is 0 Å². The highest BCUT2D eigenvalue weighted by molar-refractivity contribution is 7.09. The van der Waals surface area contributed by atoms with Gasteiger partial charge in [-0.3, -0.25) is 0 Å². The average Bonchev–Trinajstić information content (AvgIpc) is 2.49. The Morgan fingerprint density at radius 3 is 2.67 bits per heavy atom. The first-order valence-corrected chi connectivity index (χ1v) is 6.39. The molecular formula is C12H22N2S. The number of thiazole rings is 1. The fourth-order valence-corrected chi connectivity index (χ4v) is 2.60. The molecule has 1 atom stereocenters. The van der Waals surface area contributed by atoms with Crippen molar-refractivity contribution < 1.29 is 0 Å². The first-order chi connectivity index (χ1) is 6.93. The molecule has 0 aliphatic heterocycles. The molecule has 3 heteroatoms. The van der Waals surface area contributed by atoms with Crippen molar-refractivity contribution in [1.82, 2.24) is 10.3 Å². The number of aromatic nitrogens is 1. The summed E-state index contributed by atoms with van der Waals surface area (Å²) in [5.41, 5.74) is 1.56. The van der Waals surface area contributed by atoms with Crippen LogP contribution in [-0.2, 0) is 6.42 Å². The molecule has 1 aromatic rings. The topological polar surface area (TPSA) is 24.9 Å². The van der Waals surface area contributed by atoms with Crippen LogP contribution in [0, 0.1) is 12.3 Å². The van der Waals surface area contributed by atoms with E-state index in [0.29, 0.717) is 11.5 Å². The van der Waals surface area contributed by atoms with Gasteiger partial charge in [0.15, 0.2) is 0 Å². The van der Waals surface area contributed by atoms with E-state index in [0.717, 1.165) is 6.42 Å². The van der Waals surface area contributed by atoms with Crippen molar-refractivity contribution in [1.29, 1.82) is 0 Å². The number of rotatable bonds is 5.